The lowest BCUT2D eigenvalue weighted by atomic mass is 10.0. The third-order valence-electron chi connectivity index (χ3n) is 4.66. The number of aromatic nitrogens is 3. The standard InChI is InChI=1S/C20H16N4O4/c1-23-10-8-20(28,19(23)27)7-6-13-2-4-14(5-3-13)16-17-21-9-11-24(17)12-15(22-16)18(25)26/h2-5,9,11-12,28H,8,10H2,1H3,(H,25,26)/p-1/t20-/m0/s1. The molecule has 0 saturated carbocycles. The van der Waals surface area contributed by atoms with Crippen molar-refractivity contribution in [2.45, 2.75) is 12.0 Å². The number of benzene rings is 1. The number of aromatic carboxylic acids is 1. The van der Waals surface area contributed by atoms with Gasteiger partial charge in [0.1, 0.15) is 11.4 Å². The van der Waals surface area contributed by atoms with Crippen molar-refractivity contribution in [1.29, 1.82) is 0 Å². The van der Waals surface area contributed by atoms with E-state index in [0.29, 0.717) is 29.0 Å². The molecule has 0 aliphatic carbocycles. The molecule has 0 radical (unpaired) electrons. The Morgan fingerprint density at radius 2 is 2.07 bits per heavy atom. The van der Waals surface area contributed by atoms with E-state index >= 15 is 0 Å². The summed E-state index contributed by atoms with van der Waals surface area (Å²) in [5, 5.41) is 21.6. The zero-order valence-corrected chi connectivity index (χ0v) is 14.9. The highest BCUT2D eigenvalue weighted by molar-refractivity contribution is 5.90. The van der Waals surface area contributed by atoms with E-state index < -0.39 is 17.5 Å². The van der Waals surface area contributed by atoms with Crippen LogP contribution in [-0.4, -0.2) is 55.4 Å². The quantitative estimate of drug-likeness (QED) is 0.616. The number of hydrogen-bond acceptors (Lipinski definition) is 6. The Morgan fingerprint density at radius 3 is 2.71 bits per heavy atom. The van der Waals surface area contributed by atoms with E-state index in [1.165, 1.54) is 11.1 Å². The van der Waals surface area contributed by atoms with Crippen LogP contribution in [0.1, 0.15) is 22.5 Å². The summed E-state index contributed by atoms with van der Waals surface area (Å²) in [6.07, 6.45) is 4.79. The lowest BCUT2D eigenvalue weighted by Gasteiger charge is -2.13. The van der Waals surface area contributed by atoms with E-state index in [1.807, 2.05) is 0 Å². The highest BCUT2D eigenvalue weighted by Crippen LogP contribution is 2.23. The molecule has 1 fully saturated rings. The second-order valence-corrected chi connectivity index (χ2v) is 6.58. The average Bonchev–Trinajstić information content (AvgIpc) is 3.27. The van der Waals surface area contributed by atoms with Crippen LogP contribution in [0, 0.1) is 11.8 Å². The number of rotatable bonds is 2. The maximum Gasteiger partial charge on any atom is 0.267 e. The Hall–Kier alpha value is -3.70. The van der Waals surface area contributed by atoms with Gasteiger partial charge < -0.3 is 24.3 Å². The van der Waals surface area contributed by atoms with Gasteiger partial charge in [0, 0.05) is 49.7 Å². The lowest BCUT2D eigenvalue weighted by Crippen LogP contribution is -2.37. The van der Waals surface area contributed by atoms with Crippen LogP contribution in [0.25, 0.3) is 16.9 Å². The summed E-state index contributed by atoms with van der Waals surface area (Å²) in [4.78, 5) is 33.0. The molecule has 1 saturated heterocycles. The molecule has 3 heterocycles. The van der Waals surface area contributed by atoms with Crippen LogP contribution in [0.15, 0.2) is 42.9 Å². The molecule has 1 aliphatic rings. The first-order valence-electron chi connectivity index (χ1n) is 8.54. The van der Waals surface area contributed by atoms with E-state index in [9.17, 15) is 19.8 Å². The maximum absolute atomic E-state index is 12.0. The van der Waals surface area contributed by atoms with Crippen LogP contribution in [0.4, 0.5) is 0 Å². The van der Waals surface area contributed by atoms with Gasteiger partial charge in [0.2, 0.25) is 5.60 Å². The molecule has 8 heteroatoms. The molecular weight excluding hydrogens is 360 g/mol. The van der Waals surface area contributed by atoms with E-state index in [1.54, 1.807) is 48.1 Å². The normalized spacial score (nSPS) is 18.9. The molecular formula is C20H15N4O4-. The van der Waals surface area contributed by atoms with Gasteiger partial charge in [0.25, 0.3) is 5.91 Å². The third-order valence-corrected chi connectivity index (χ3v) is 4.66. The number of carbonyl (C=O) groups is 2. The number of likely N-dealkylation sites (tertiary alicyclic amines) is 1. The first-order valence-corrected chi connectivity index (χ1v) is 8.54. The smallest absolute Gasteiger partial charge is 0.267 e. The number of hydrogen-bond donors (Lipinski definition) is 1. The van der Waals surface area contributed by atoms with Crippen molar-refractivity contribution in [2.75, 3.05) is 13.6 Å². The summed E-state index contributed by atoms with van der Waals surface area (Å²) < 4.78 is 1.57. The van der Waals surface area contributed by atoms with Gasteiger partial charge in [0.05, 0.1) is 5.97 Å². The zero-order chi connectivity index (χ0) is 19.9. The predicted octanol–water partition coefficient (Wildman–Crippen LogP) is -0.296. The summed E-state index contributed by atoms with van der Waals surface area (Å²) >= 11 is 0. The number of carboxylic acids is 1. The van der Waals surface area contributed by atoms with Gasteiger partial charge in [-0.05, 0) is 12.1 Å². The Balaban J connectivity index is 1.68. The minimum Gasteiger partial charge on any atom is -0.543 e. The number of carboxylic acid groups (broad SMARTS) is 1. The number of imidazole rings is 1. The lowest BCUT2D eigenvalue weighted by molar-refractivity contribution is -0.255. The third kappa shape index (κ3) is 2.98. The average molecular weight is 375 g/mol. The minimum atomic E-state index is -1.65. The number of aliphatic hydroxyl groups is 1. The zero-order valence-electron chi connectivity index (χ0n) is 14.9. The molecule has 2 aromatic heterocycles. The van der Waals surface area contributed by atoms with Crippen LogP contribution in [0.2, 0.25) is 0 Å². The van der Waals surface area contributed by atoms with Gasteiger partial charge >= 0.3 is 0 Å². The summed E-state index contributed by atoms with van der Waals surface area (Å²) in [7, 11) is 1.63. The van der Waals surface area contributed by atoms with Gasteiger partial charge in [-0.2, -0.15) is 0 Å². The number of likely N-dealkylation sites (N-methyl/N-ethyl adjacent to an activating group) is 1. The van der Waals surface area contributed by atoms with Crippen LogP contribution < -0.4 is 5.11 Å². The second kappa shape index (κ2) is 6.48. The molecule has 8 nitrogen and oxygen atoms in total. The molecule has 3 aromatic rings. The van der Waals surface area contributed by atoms with Gasteiger partial charge in [-0.3, -0.25) is 4.79 Å². The first kappa shape index (κ1) is 17.7. The summed E-state index contributed by atoms with van der Waals surface area (Å²) in [5.41, 5.74) is 0.320. The van der Waals surface area contributed by atoms with Crippen LogP contribution >= 0.6 is 0 Å². The minimum absolute atomic E-state index is 0.199. The van der Waals surface area contributed by atoms with E-state index in [4.69, 9.17) is 0 Å². The molecule has 1 atom stereocenters. The van der Waals surface area contributed by atoms with Crippen LogP contribution in [0.3, 0.4) is 0 Å². The van der Waals surface area contributed by atoms with Crippen molar-refractivity contribution in [3.8, 4) is 23.1 Å². The molecule has 0 unspecified atom stereocenters. The second-order valence-electron chi connectivity index (χ2n) is 6.58. The topological polar surface area (TPSA) is 111 Å². The summed E-state index contributed by atoms with van der Waals surface area (Å²) in [6.45, 7) is 0.462. The molecule has 1 aliphatic heterocycles. The van der Waals surface area contributed by atoms with Crippen molar-refractivity contribution in [1.82, 2.24) is 19.3 Å². The molecule has 1 aromatic carbocycles. The Morgan fingerprint density at radius 1 is 1.32 bits per heavy atom. The number of carbonyl (C=O) groups excluding carboxylic acids is 2. The highest BCUT2D eigenvalue weighted by Gasteiger charge is 2.42. The van der Waals surface area contributed by atoms with Gasteiger partial charge in [-0.1, -0.05) is 24.0 Å². The Labute approximate surface area is 160 Å². The molecule has 1 amide bonds. The molecule has 4 rings (SSSR count). The van der Waals surface area contributed by atoms with Crippen molar-refractivity contribution >= 4 is 17.5 Å². The summed E-state index contributed by atoms with van der Waals surface area (Å²) in [5.74, 6) is 3.71. The number of nitrogens with zero attached hydrogens (tertiary/aromatic N) is 4. The maximum atomic E-state index is 12.0. The summed E-state index contributed by atoms with van der Waals surface area (Å²) in [6, 6.07) is 6.88. The van der Waals surface area contributed by atoms with Crippen molar-refractivity contribution in [3.05, 3.63) is 54.1 Å². The van der Waals surface area contributed by atoms with E-state index in [-0.39, 0.29) is 12.1 Å². The SMILES string of the molecule is CN1CC[C@@](O)(C#Cc2ccc(-c3nc(C(=O)[O-])cn4ccnc34)cc2)C1=O. The fourth-order valence-corrected chi connectivity index (χ4v) is 3.08. The first-order chi connectivity index (χ1) is 13.4. The Bertz CT molecular complexity index is 1160. The number of amides is 1. The number of fused-ring (bicyclic) bond motifs is 1. The van der Waals surface area contributed by atoms with Gasteiger partial charge in [-0.15, -0.1) is 0 Å². The largest absolute Gasteiger partial charge is 0.543 e. The molecule has 0 spiro atoms. The van der Waals surface area contributed by atoms with Gasteiger partial charge in [0.15, 0.2) is 5.65 Å². The molecule has 1 N–H and O–H groups in total. The van der Waals surface area contributed by atoms with Crippen molar-refractivity contribution < 1.29 is 19.8 Å². The predicted molar refractivity (Wildman–Crippen MR) is 96.8 cm³/mol. The van der Waals surface area contributed by atoms with E-state index in [0.717, 1.165) is 0 Å². The van der Waals surface area contributed by atoms with Crippen LogP contribution in [-0.2, 0) is 4.79 Å². The van der Waals surface area contributed by atoms with Crippen molar-refractivity contribution in [2.24, 2.45) is 0 Å². The highest BCUT2D eigenvalue weighted by atomic mass is 16.4. The van der Waals surface area contributed by atoms with E-state index in [2.05, 4.69) is 21.8 Å². The molecule has 140 valence electrons. The molecule has 28 heavy (non-hydrogen) atoms. The van der Waals surface area contributed by atoms with Crippen LogP contribution in [0.5, 0.6) is 0 Å². The van der Waals surface area contributed by atoms with Crippen molar-refractivity contribution in [3.63, 3.8) is 0 Å². The molecule has 0 bridgehead atoms. The fraction of sp³-hybridized carbons (Fsp3) is 0.200. The monoisotopic (exact) mass is 375 g/mol. The van der Waals surface area contributed by atoms with Gasteiger partial charge in [-0.25, -0.2) is 9.97 Å². The fourth-order valence-electron chi connectivity index (χ4n) is 3.08. The Kier molecular flexibility index (Phi) is 4.09.